The largest absolute Gasteiger partial charge is 0.355 e. The molecule has 0 aromatic carbocycles. The van der Waals surface area contributed by atoms with Gasteiger partial charge in [-0.3, -0.25) is 9.48 Å². The minimum absolute atomic E-state index is 0.00745. The lowest BCUT2D eigenvalue weighted by Crippen LogP contribution is -2.06. The zero-order chi connectivity index (χ0) is 11.6. The number of aromatic nitrogens is 3. The fraction of sp³-hybridized carbons (Fsp3) is 0.400. The third-order valence-corrected chi connectivity index (χ3v) is 2.46. The Labute approximate surface area is 96.4 Å². The van der Waals surface area contributed by atoms with Gasteiger partial charge in [0.1, 0.15) is 11.0 Å². The summed E-state index contributed by atoms with van der Waals surface area (Å²) < 4.78 is 2.24. The number of fused-ring (bicyclic) bond motifs is 1. The molecule has 0 spiro atoms. The van der Waals surface area contributed by atoms with Gasteiger partial charge in [0.15, 0.2) is 4.60 Å². The van der Waals surface area contributed by atoms with E-state index >= 15 is 0 Å². The van der Waals surface area contributed by atoms with Gasteiger partial charge in [0, 0.05) is 18.8 Å². The zero-order valence-electron chi connectivity index (χ0n) is 9.26. The third-order valence-electron chi connectivity index (χ3n) is 1.91. The van der Waals surface area contributed by atoms with Crippen molar-refractivity contribution in [1.29, 1.82) is 0 Å². The first-order valence-electron chi connectivity index (χ1n) is 4.81. The van der Waals surface area contributed by atoms with Gasteiger partial charge in [-0.15, -0.1) is 0 Å². The summed E-state index contributed by atoms with van der Waals surface area (Å²) in [6.07, 6.45) is 0. The lowest BCUT2D eigenvalue weighted by molar-refractivity contribution is 0.786. The number of halogens is 1. The average molecular weight is 272 g/mol. The van der Waals surface area contributed by atoms with Crippen LogP contribution in [0, 0.1) is 6.92 Å². The smallest absolute Gasteiger partial charge is 0.207 e. The Kier molecular flexibility index (Phi) is 3.68. The van der Waals surface area contributed by atoms with Crippen molar-refractivity contribution in [2.45, 2.75) is 20.8 Å². The van der Waals surface area contributed by atoms with Gasteiger partial charge >= 0.3 is 0 Å². The molecule has 0 aliphatic heterocycles. The number of H-pyrrole nitrogens is 1. The quantitative estimate of drug-likeness (QED) is 0.800. The van der Waals surface area contributed by atoms with Gasteiger partial charge < -0.3 is 4.98 Å². The molecule has 0 bridgehead atoms. The third kappa shape index (κ3) is 2.12. The maximum Gasteiger partial charge on any atom is 0.207 e. The maximum absolute atomic E-state index is 11.5. The Morgan fingerprint density at radius 2 is 2.07 bits per heavy atom. The number of pyridine rings is 1. The normalized spacial score (nSPS) is 9.93. The molecule has 0 aliphatic carbocycles. The van der Waals surface area contributed by atoms with Crippen LogP contribution in [0.25, 0.3) is 11.0 Å². The van der Waals surface area contributed by atoms with E-state index in [1.165, 1.54) is 0 Å². The Balaban J connectivity index is 0.000000531. The fourth-order valence-corrected chi connectivity index (χ4v) is 1.91. The van der Waals surface area contributed by atoms with E-state index in [0.717, 1.165) is 11.2 Å². The van der Waals surface area contributed by atoms with Gasteiger partial charge in [-0.2, -0.15) is 5.10 Å². The molecule has 0 radical (unpaired) electrons. The molecule has 0 atom stereocenters. The van der Waals surface area contributed by atoms with Crippen molar-refractivity contribution in [3.63, 3.8) is 0 Å². The highest BCUT2D eigenvalue weighted by atomic mass is 79.9. The minimum Gasteiger partial charge on any atom is -0.355 e. The summed E-state index contributed by atoms with van der Waals surface area (Å²) in [5, 5.41) is 4.09. The summed E-state index contributed by atoms with van der Waals surface area (Å²) in [6, 6.07) is 1.57. The van der Waals surface area contributed by atoms with Crippen molar-refractivity contribution >= 4 is 27.0 Å². The van der Waals surface area contributed by atoms with Crippen LogP contribution < -0.4 is 5.43 Å². The van der Waals surface area contributed by atoms with E-state index in [2.05, 4.69) is 26.0 Å². The highest BCUT2D eigenvalue weighted by Crippen LogP contribution is 2.17. The van der Waals surface area contributed by atoms with Crippen molar-refractivity contribution in [1.82, 2.24) is 14.8 Å². The van der Waals surface area contributed by atoms with E-state index in [1.807, 2.05) is 20.8 Å². The summed E-state index contributed by atoms with van der Waals surface area (Å²) in [7, 11) is 1.75. The Bertz CT molecular complexity index is 527. The van der Waals surface area contributed by atoms with Gasteiger partial charge in [-0.05, 0) is 22.9 Å². The highest BCUT2D eigenvalue weighted by Gasteiger charge is 2.09. The SMILES string of the molecule is CC.Cc1cc(=O)c2c([nH]1)c(Br)nn2C. The Morgan fingerprint density at radius 1 is 1.47 bits per heavy atom. The van der Waals surface area contributed by atoms with Gasteiger partial charge in [-0.25, -0.2) is 0 Å². The monoisotopic (exact) mass is 271 g/mol. The van der Waals surface area contributed by atoms with E-state index in [-0.39, 0.29) is 5.43 Å². The predicted molar refractivity (Wildman–Crippen MR) is 65.1 cm³/mol. The number of nitrogens with one attached hydrogen (secondary N) is 1. The van der Waals surface area contributed by atoms with E-state index in [1.54, 1.807) is 17.8 Å². The van der Waals surface area contributed by atoms with E-state index < -0.39 is 0 Å². The molecule has 2 rings (SSSR count). The van der Waals surface area contributed by atoms with Crippen LogP contribution >= 0.6 is 15.9 Å². The van der Waals surface area contributed by atoms with Crippen LogP contribution in [0.5, 0.6) is 0 Å². The number of aromatic amines is 1. The average Bonchev–Trinajstić information content (AvgIpc) is 2.45. The minimum atomic E-state index is -0.00745. The number of hydrogen-bond donors (Lipinski definition) is 1. The molecule has 4 nitrogen and oxygen atoms in total. The predicted octanol–water partition coefficient (Wildman–Crippen LogP) is 2.36. The number of aryl methyl sites for hydroxylation is 2. The van der Waals surface area contributed by atoms with Gasteiger partial charge in [0.05, 0.1) is 0 Å². The lowest BCUT2D eigenvalue weighted by Gasteiger charge is -1.94. The van der Waals surface area contributed by atoms with Crippen LogP contribution in [0.2, 0.25) is 0 Å². The maximum atomic E-state index is 11.5. The van der Waals surface area contributed by atoms with Crippen molar-refractivity contribution in [2.75, 3.05) is 0 Å². The van der Waals surface area contributed by atoms with Crippen LogP contribution in [-0.2, 0) is 7.05 Å². The van der Waals surface area contributed by atoms with Crippen LogP contribution in [0.3, 0.4) is 0 Å². The first kappa shape index (κ1) is 12.0. The lowest BCUT2D eigenvalue weighted by atomic mass is 10.3. The first-order valence-corrected chi connectivity index (χ1v) is 5.61. The van der Waals surface area contributed by atoms with Gasteiger partial charge in [-0.1, -0.05) is 13.8 Å². The first-order chi connectivity index (χ1) is 7.09. The summed E-state index contributed by atoms with van der Waals surface area (Å²) in [5.74, 6) is 0. The van der Waals surface area contributed by atoms with Gasteiger partial charge in [0.25, 0.3) is 0 Å². The number of nitrogens with zero attached hydrogens (tertiary/aromatic N) is 2. The fourth-order valence-electron chi connectivity index (χ4n) is 1.38. The van der Waals surface area contributed by atoms with Crippen LogP contribution in [-0.4, -0.2) is 14.8 Å². The van der Waals surface area contributed by atoms with Crippen molar-refractivity contribution in [2.24, 2.45) is 7.05 Å². The van der Waals surface area contributed by atoms with E-state index in [0.29, 0.717) is 10.1 Å². The summed E-state index contributed by atoms with van der Waals surface area (Å²) in [6.45, 7) is 5.85. The standard InChI is InChI=1S/C8H8BrN3O.C2H6/c1-4-3-5(13)7-6(10-4)8(9)11-12(7)2;1-2/h3H,1-2H3,(H,10,13);1-2H3. The molecule has 0 unspecified atom stereocenters. The second-order valence-electron chi connectivity index (χ2n) is 2.95. The molecule has 1 N–H and O–H groups in total. The molecular formula is C10H14BrN3O. The molecule has 0 saturated carbocycles. The molecule has 2 aromatic rings. The molecule has 5 heteroatoms. The van der Waals surface area contributed by atoms with E-state index in [9.17, 15) is 4.79 Å². The molecule has 0 amide bonds. The summed E-state index contributed by atoms with van der Waals surface area (Å²) in [4.78, 5) is 14.6. The topological polar surface area (TPSA) is 50.7 Å². The van der Waals surface area contributed by atoms with Crippen LogP contribution in [0.1, 0.15) is 19.5 Å². The molecule has 0 saturated heterocycles. The molecule has 0 aliphatic rings. The zero-order valence-corrected chi connectivity index (χ0v) is 10.8. The second kappa shape index (κ2) is 4.61. The summed E-state index contributed by atoms with van der Waals surface area (Å²) in [5.41, 5.74) is 2.18. The Morgan fingerprint density at radius 3 is 2.67 bits per heavy atom. The van der Waals surface area contributed by atoms with Gasteiger partial charge in [0.2, 0.25) is 5.43 Å². The number of rotatable bonds is 0. The Hall–Kier alpha value is -1.10. The molecule has 2 aromatic heterocycles. The van der Waals surface area contributed by atoms with Crippen molar-refractivity contribution in [3.05, 3.63) is 26.6 Å². The van der Waals surface area contributed by atoms with Crippen LogP contribution in [0.15, 0.2) is 15.5 Å². The second-order valence-corrected chi connectivity index (χ2v) is 3.71. The number of hydrogen-bond acceptors (Lipinski definition) is 2. The van der Waals surface area contributed by atoms with Crippen molar-refractivity contribution in [3.8, 4) is 0 Å². The summed E-state index contributed by atoms with van der Waals surface area (Å²) >= 11 is 3.28. The molecule has 0 fully saturated rings. The molecule has 15 heavy (non-hydrogen) atoms. The molecule has 2 heterocycles. The van der Waals surface area contributed by atoms with E-state index in [4.69, 9.17) is 0 Å². The van der Waals surface area contributed by atoms with Crippen LogP contribution in [0.4, 0.5) is 0 Å². The van der Waals surface area contributed by atoms with Crippen molar-refractivity contribution < 1.29 is 0 Å². The molecular weight excluding hydrogens is 258 g/mol. The highest BCUT2D eigenvalue weighted by molar-refractivity contribution is 9.10. The molecule has 82 valence electrons.